The van der Waals surface area contributed by atoms with Gasteiger partial charge in [0.2, 0.25) is 11.8 Å². The van der Waals surface area contributed by atoms with Crippen LogP contribution in [0.5, 0.6) is 0 Å². The average Bonchev–Trinajstić information content (AvgIpc) is 4.41. The van der Waals surface area contributed by atoms with Crippen LogP contribution in [0.15, 0.2) is 209 Å². The second-order valence-corrected chi connectivity index (χ2v) is 22.9. The highest BCUT2D eigenvalue weighted by Crippen LogP contribution is 2.56. The average molecular weight is 997 g/mol. The van der Waals surface area contributed by atoms with Gasteiger partial charge in [-0.25, -0.2) is 9.97 Å². The molecule has 0 amide bonds. The molecule has 0 fully saturated rings. The lowest BCUT2D eigenvalue weighted by molar-refractivity contribution is 0.516. The number of anilines is 6. The molecule has 15 rings (SSSR count). The van der Waals surface area contributed by atoms with E-state index in [1.165, 1.54) is 66.8 Å². The molecule has 2 aromatic heterocycles. The lowest BCUT2D eigenvalue weighted by Gasteiger charge is -2.30. The van der Waals surface area contributed by atoms with E-state index in [4.69, 9.17) is 18.8 Å². The summed E-state index contributed by atoms with van der Waals surface area (Å²) in [6, 6.07) is 71.3. The minimum Gasteiger partial charge on any atom is -0.441 e. The molecular weight excluding hydrogens is 941 g/mol. The summed E-state index contributed by atoms with van der Waals surface area (Å²) in [5.74, 6) is 2.23. The van der Waals surface area contributed by atoms with Crippen molar-refractivity contribution in [2.75, 3.05) is 9.80 Å². The van der Waals surface area contributed by atoms with Crippen LogP contribution in [0, 0.1) is 0 Å². The van der Waals surface area contributed by atoms with E-state index in [1.807, 2.05) is 24.3 Å². The number of aromatic nitrogens is 2. The first-order valence-electron chi connectivity index (χ1n) is 27.0. The number of para-hydroxylation sites is 2. The number of aryl methyl sites for hydroxylation is 1. The van der Waals surface area contributed by atoms with Gasteiger partial charge in [0.1, 0.15) is 17.0 Å². The van der Waals surface area contributed by atoms with Crippen molar-refractivity contribution in [3.05, 3.63) is 245 Å². The molecule has 372 valence electrons. The molecular formula is C71H56N4O2. The van der Waals surface area contributed by atoms with E-state index in [9.17, 15) is 0 Å². The molecule has 0 unspecified atom stereocenters. The second kappa shape index (κ2) is 16.5. The number of rotatable bonds is 8. The van der Waals surface area contributed by atoms with Crippen LogP contribution in [0.4, 0.5) is 34.1 Å². The van der Waals surface area contributed by atoms with Gasteiger partial charge < -0.3 is 18.6 Å². The van der Waals surface area contributed by atoms with Crippen molar-refractivity contribution in [3.63, 3.8) is 0 Å². The standard InChI is InChI=1S/C71H56N4O2/c1-69(2)57-17-9-7-15-51(57)53-35-31-47(39-59(53)69)74(45-27-23-43(24-28-45)67-72-63-19-11-13-21-65(63)76-67)49-33-37-55-56-38-34-50(42-62(56)71(5,6)61(55)41-49)75(46-29-25-44(26-30-46)68-73-64-20-12-14-22-66(64)77-68)48-32-36-54-52-16-8-10-18-58(52)70(3,4)60(54)40-48/h7-13,15-21,23-42H,14,22H2,1-6H3. The third-order valence-electron chi connectivity index (χ3n) is 17.4. The number of oxazole rings is 2. The lowest BCUT2D eigenvalue weighted by atomic mass is 9.81. The Morgan fingerprint density at radius 2 is 0.766 bits per heavy atom. The Morgan fingerprint density at radius 1 is 0.377 bits per heavy atom. The smallest absolute Gasteiger partial charge is 0.227 e. The van der Waals surface area contributed by atoms with Crippen LogP contribution >= 0.6 is 0 Å². The van der Waals surface area contributed by atoms with E-state index >= 15 is 0 Å². The molecule has 11 aromatic rings. The highest BCUT2D eigenvalue weighted by atomic mass is 16.4. The maximum Gasteiger partial charge on any atom is 0.227 e. The molecule has 4 aliphatic rings. The first-order valence-corrected chi connectivity index (χ1v) is 27.0. The minimum atomic E-state index is -0.337. The Balaban J connectivity index is 0.834. The SMILES string of the molecule is CC1(C)c2ccccc2-c2ccc(N(c3ccc(-c4nc5c(o4)CCC=C5)cc3)c3ccc4c(c3)C(C)(C)c3cc(N(c5ccc(-c6nc7ccccc7o6)cc5)c5ccc6c(c5)C(C)(C)c5ccccc5-6)ccc3-4)cc21. The predicted octanol–water partition coefficient (Wildman–Crippen LogP) is 19.0. The number of hydrogen-bond donors (Lipinski definition) is 0. The molecule has 0 saturated heterocycles. The largest absolute Gasteiger partial charge is 0.441 e. The Hall–Kier alpha value is -9.00. The number of allylic oxidation sites excluding steroid dienone is 1. The molecule has 4 aliphatic carbocycles. The van der Waals surface area contributed by atoms with Gasteiger partial charge in [-0.3, -0.25) is 0 Å². The number of fused-ring (bicyclic) bond motifs is 11. The summed E-state index contributed by atoms with van der Waals surface area (Å²) in [6.07, 6.45) is 6.10. The topological polar surface area (TPSA) is 58.5 Å². The molecule has 0 spiro atoms. The van der Waals surface area contributed by atoms with Gasteiger partial charge in [0.15, 0.2) is 5.58 Å². The number of benzene rings is 9. The van der Waals surface area contributed by atoms with Gasteiger partial charge in [0.05, 0.1) is 0 Å². The van der Waals surface area contributed by atoms with Gasteiger partial charge in [-0.05, 0) is 188 Å². The third kappa shape index (κ3) is 6.87. The summed E-state index contributed by atoms with van der Waals surface area (Å²) in [5.41, 5.74) is 26.1. The molecule has 0 atom stereocenters. The van der Waals surface area contributed by atoms with Crippen LogP contribution in [-0.4, -0.2) is 9.97 Å². The third-order valence-corrected chi connectivity index (χ3v) is 17.4. The highest BCUT2D eigenvalue weighted by Gasteiger charge is 2.40. The minimum absolute atomic E-state index is 0.155. The van der Waals surface area contributed by atoms with Crippen molar-refractivity contribution in [3.8, 4) is 56.3 Å². The normalized spacial score (nSPS) is 15.3. The molecule has 0 saturated carbocycles. The van der Waals surface area contributed by atoms with Crippen LogP contribution in [0.3, 0.4) is 0 Å². The fourth-order valence-corrected chi connectivity index (χ4v) is 13.3. The van der Waals surface area contributed by atoms with Crippen LogP contribution in [-0.2, 0) is 22.7 Å². The lowest BCUT2D eigenvalue weighted by Crippen LogP contribution is -2.18. The molecule has 9 aromatic carbocycles. The van der Waals surface area contributed by atoms with Crippen LogP contribution in [0.1, 0.15) is 92.8 Å². The van der Waals surface area contributed by atoms with E-state index in [-0.39, 0.29) is 16.2 Å². The van der Waals surface area contributed by atoms with Crippen LogP contribution < -0.4 is 9.80 Å². The van der Waals surface area contributed by atoms with E-state index in [1.54, 1.807) is 0 Å². The van der Waals surface area contributed by atoms with E-state index in [0.717, 1.165) is 80.6 Å². The van der Waals surface area contributed by atoms with Gasteiger partial charge in [0, 0.05) is 67.9 Å². The summed E-state index contributed by atoms with van der Waals surface area (Å²) in [7, 11) is 0. The molecule has 0 radical (unpaired) electrons. The van der Waals surface area contributed by atoms with Gasteiger partial charge in [0.25, 0.3) is 0 Å². The fraction of sp³-hybridized carbons (Fsp3) is 0.155. The zero-order valence-corrected chi connectivity index (χ0v) is 44.1. The molecule has 0 aliphatic heterocycles. The first kappa shape index (κ1) is 45.4. The Bertz CT molecular complexity index is 4230. The van der Waals surface area contributed by atoms with Crippen molar-refractivity contribution < 1.29 is 8.83 Å². The van der Waals surface area contributed by atoms with Gasteiger partial charge in [-0.15, -0.1) is 0 Å². The second-order valence-electron chi connectivity index (χ2n) is 22.9. The predicted molar refractivity (Wildman–Crippen MR) is 314 cm³/mol. The first-order chi connectivity index (χ1) is 37.4. The van der Waals surface area contributed by atoms with Crippen molar-refractivity contribution in [2.45, 2.75) is 70.6 Å². The van der Waals surface area contributed by atoms with Crippen molar-refractivity contribution >= 4 is 51.3 Å². The number of nitrogens with zero attached hydrogens (tertiary/aromatic N) is 4. The van der Waals surface area contributed by atoms with Gasteiger partial charge in [-0.2, -0.15) is 0 Å². The maximum absolute atomic E-state index is 6.33. The molecule has 2 heterocycles. The zero-order valence-electron chi connectivity index (χ0n) is 44.1. The van der Waals surface area contributed by atoms with Gasteiger partial charge in [-0.1, -0.05) is 133 Å². The van der Waals surface area contributed by atoms with E-state index in [2.05, 4.69) is 233 Å². The summed E-state index contributed by atoms with van der Waals surface area (Å²) in [5, 5.41) is 0. The molecule has 0 N–H and O–H groups in total. The molecule has 6 nitrogen and oxygen atoms in total. The Kier molecular flexibility index (Phi) is 9.73. The summed E-state index contributed by atoms with van der Waals surface area (Å²) in [4.78, 5) is 14.6. The zero-order chi connectivity index (χ0) is 52.0. The van der Waals surface area contributed by atoms with E-state index < -0.39 is 0 Å². The number of hydrogen-bond acceptors (Lipinski definition) is 6. The summed E-state index contributed by atoms with van der Waals surface area (Å²) < 4.78 is 12.6. The quantitative estimate of drug-likeness (QED) is 0.151. The van der Waals surface area contributed by atoms with Crippen LogP contribution in [0.25, 0.3) is 73.5 Å². The van der Waals surface area contributed by atoms with Crippen molar-refractivity contribution in [1.29, 1.82) is 0 Å². The fourth-order valence-electron chi connectivity index (χ4n) is 13.3. The van der Waals surface area contributed by atoms with Gasteiger partial charge >= 0.3 is 0 Å². The molecule has 0 bridgehead atoms. The van der Waals surface area contributed by atoms with Crippen molar-refractivity contribution in [2.24, 2.45) is 0 Å². The Morgan fingerprint density at radius 3 is 1.22 bits per heavy atom. The molecule has 77 heavy (non-hydrogen) atoms. The monoisotopic (exact) mass is 996 g/mol. The summed E-state index contributed by atoms with van der Waals surface area (Å²) in [6.45, 7) is 14.2. The van der Waals surface area contributed by atoms with Crippen LogP contribution in [0.2, 0.25) is 0 Å². The summed E-state index contributed by atoms with van der Waals surface area (Å²) >= 11 is 0. The highest BCUT2D eigenvalue weighted by molar-refractivity contribution is 5.92. The van der Waals surface area contributed by atoms with Crippen molar-refractivity contribution in [1.82, 2.24) is 9.97 Å². The van der Waals surface area contributed by atoms with E-state index in [0.29, 0.717) is 11.8 Å². The maximum atomic E-state index is 6.33. The Labute approximate surface area is 449 Å². The molecule has 6 heteroatoms.